The molecule has 1 N–H and O–H groups in total. The van der Waals surface area contributed by atoms with Crippen LogP contribution in [0.3, 0.4) is 0 Å². The van der Waals surface area contributed by atoms with Crippen molar-refractivity contribution >= 4 is 32.6 Å². The summed E-state index contributed by atoms with van der Waals surface area (Å²) in [5.74, 6) is 0.168. The highest BCUT2D eigenvalue weighted by molar-refractivity contribution is 7.22. The van der Waals surface area contributed by atoms with E-state index < -0.39 is 0 Å². The highest BCUT2D eigenvalue weighted by Crippen LogP contribution is 2.30. The fraction of sp³-hybridized carbons (Fsp3) is 0.556. The molecule has 3 rings (SSSR count). The summed E-state index contributed by atoms with van der Waals surface area (Å²) >= 11 is 1.79. The lowest BCUT2D eigenvalue weighted by atomic mass is 10.2. The van der Waals surface area contributed by atoms with E-state index in [9.17, 15) is 4.79 Å². The Hall–Kier alpha value is -1.66. The zero-order valence-corrected chi connectivity index (χ0v) is 15.4. The number of nitrogens with one attached hydrogen (secondary N) is 1. The van der Waals surface area contributed by atoms with Gasteiger partial charge in [0.2, 0.25) is 5.91 Å². The van der Waals surface area contributed by atoms with Gasteiger partial charge in [-0.15, -0.1) is 0 Å². The Morgan fingerprint density at radius 1 is 1.29 bits per heavy atom. The first-order valence-corrected chi connectivity index (χ1v) is 9.59. The van der Waals surface area contributed by atoms with Gasteiger partial charge in [-0.05, 0) is 25.0 Å². The average molecular weight is 347 g/mol. The second-order valence-corrected chi connectivity index (χ2v) is 7.36. The van der Waals surface area contributed by atoms with Crippen molar-refractivity contribution in [2.24, 2.45) is 0 Å². The second kappa shape index (κ2) is 7.94. The van der Waals surface area contributed by atoms with Crippen LogP contribution in [0, 0.1) is 6.92 Å². The van der Waals surface area contributed by atoms with E-state index in [2.05, 4.69) is 40.2 Å². The van der Waals surface area contributed by atoms with E-state index in [1.54, 1.807) is 11.3 Å². The molecule has 1 aromatic carbocycles. The molecule has 0 atom stereocenters. The predicted octanol–water partition coefficient (Wildman–Crippen LogP) is 2.64. The number of aromatic nitrogens is 1. The molecule has 5 nitrogen and oxygen atoms in total. The van der Waals surface area contributed by atoms with Crippen LogP contribution in [0.2, 0.25) is 0 Å². The number of aryl methyl sites for hydroxylation is 1. The van der Waals surface area contributed by atoms with Crippen molar-refractivity contribution in [3.8, 4) is 0 Å². The van der Waals surface area contributed by atoms with Crippen LogP contribution in [0.15, 0.2) is 18.2 Å². The van der Waals surface area contributed by atoms with Gasteiger partial charge >= 0.3 is 0 Å². The molecule has 24 heavy (non-hydrogen) atoms. The maximum atomic E-state index is 11.5. The van der Waals surface area contributed by atoms with E-state index in [0.29, 0.717) is 6.42 Å². The zero-order valence-electron chi connectivity index (χ0n) is 14.5. The molecule has 0 radical (unpaired) electrons. The maximum Gasteiger partial charge on any atom is 0.220 e. The molecular formula is C18H26N4OS. The molecule has 2 aromatic rings. The topological polar surface area (TPSA) is 48.5 Å². The number of carbonyl (C=O) groups is 1. The summed E-state index contributed by atoms with van der Waals surface area (Å²) in [6.45, 7) is 9.89. The lowest BCUT2D eigenvalue weighted by Gasteiger charge is -2.34. The van der Waals surface area contributed by atoms with E-state index in [0.717, 1.165) is 56.3 Å². The van der Waals surface area contributed by atoms with E-state index in [-0.39, 0.29) is 5.91 Å². The molecule has 0 unspecified atom stereocenters. The van der Waals surface area contributed by atoms with Crippen LogP contribution in [-0.4, -0.2) is 55.1 Å². The fourth-order valence-electron chi connectivity index (χ4n) is 3.04. The highest BCUT2D eigenvalue weighted by Gasteiger charge is 2.20. The molecule has 130 valence electrons. The Bertz CT molecular complexity index is 691. The number of hydrogen-bond donors (Lipinski definition) is 1. The van der Waals surface area contributed by atoms with E-state index >= 15 is 0 Å². The average Bonchev–Trinajstić information content (AvgIpc) is 3.01. The van der Waals surface area contributed by atoms with Crippen molar-refractivity contribution in [2.75, 3.05) is 44.2 Å². The number of anilines is 1. The summed E-state index contributed by atoms with van der Waals surface area (Å²) in [6.07, 6.45) is 1.54. The number of nitrogens with zero attached hydrogens (tertiary/aromatic N) is 3. The minimum absolute atomic E-state index is 0.168. The van der Waals surface area contributed by atoms with Gasteiger partial charge in [0.05, 0.1) is 10.2 Å². The number of thiazole rings is 1. The molecule has 1 aromatic heterocycles. The zero-order chi connectivity index (χ0) is 16.9. The first-order chi connectivity index (χ1) is 11.7. The molecule has 1 saturated heterocycles. The summed E-state index contributed by atoms with van der Waals surface area (Å²) in [5.41, 5.74) is 2.38. The van der Waals surface area contributed by atoms with Gasteiger partial charge < -0.3 is 10.2 Å². The fourth-order valence-corrected chi connectivity index (χ4v) is 4.14. The number of amides is 1. The molecule has 6 heteroatoms. The van der Waals surface area contributed by atoms with Crippen molar-refractivity contribution in [1.29, 1.82) is 0 Å². The van der Waals surface area contributed by atoms with Crippen molar-refractivity contribution in [3.63, 3.8) is 0 Å². The molecular weight excluding hydrogens is 320 g/mol. The summed E-state index contributed by atoms with van der Waals surface area (Å²) in [7, 11) is 0. The molecule has 1 fully saturated rings. The quantitative estimate of drug-likeness (QED) is 0.874. The standard InChI is InChI=1S/C18H26N4OS/c1-3-5-16(23)19-8-9-21-10-12-22(13-11-21)18-20-17-14(2)6-4-7-15(17)24-18/h4,6-7H,3,5,8-13H2,1-2H3,(H,19,23). The second-order valence-electron chi connectivity index (χ2n) is 6.35. The number of hydrogen-bond acceptors (Lipinski definition) is 5. The van der Waals surface area contributed by atoms with Gasteiger partial charge in [-0.1, -0.05) is 30.4 Å². The predicted molar refractivity (Wildman–Crippen MR) is 101 cm³/mol. The van der Waals surface area contributed by atoms with Crippen LogP contribution < -0.4 is 10.2 Å². The van der Waals surface area contributed by atoms with E-state index in [1.165, 1.54) is 10.3 Å². The van der Waals surface area contributed by atoms with Crippen molar-refractivity contribution in [3.05, 3.63) is 23.8 Å². The van der Waals surface area contributed by atoms with Crippen LogP contribution in [0.5, 0.6) is 0 Å². The first-order valence-electron chi connectivity index (χ1n) is 8.77. The molecule has 0 bridgehead atoms. The Kier molecular flexibility index (Phi) is 5.68. The van der Waals surface area contributed by atoms with Gasteiger partial charge in [-0.3, -0.25) is 9.69 Å². The molecule has 1 aliphatic rings. The van der Waals surface area contributed by atoms with Gasteiger partial charge in [0, 0.05) is 45.7 Å². The summed E-state index contributed by atoms with van der Waals surface area (Å²) in [5, 5.41) is 4.13. The molecule has 0 spiro atoms. The van der Waals surface area contributed by atoms with Gasteiger partial charge in [0.1, 0.15) is 0 Å². The largest absolute Gasteiger partial charge is 0.355 e. The molecule has 1 aliphatic heterocycles. The summed E-state index contributed by atoms with van der Waals surface area (Å²) < 4.78 is 1.27. The third kappa shape index (κ3) is 4.05. The maximum absolute atomic E-state index is 11.5. The smallest absolute Gasteiger partial charge is 0.220 e. The van der Waals surface area contributed by atoms with Gasteiger partial charge in [-0.25, -0.2) is 4.98 Å². The Balaban J connectivity index is 1.49. The Morgan fingerprint density at radius 3 is 2.79 bits per heavy atom. The molecule has 0 aliphatic carbocycles. The number of para-hydroxylation sites is 1. The molecule has 1 amide bonds. The first kappa shape index (κ1) is 17.2. The number of rotatable bonds is 6. The van der Waals surface area contributed by atoms with Crippen LogP contribution in [0.25, 0.3) is 10.2 Å². The normalized spacial score (nSPS) is 15.8. The molecule has 2 heterocycles. The lowest BCUT2D eigenvalue weighted by molar-refractivity contribution is -0.121. The summed E-state index contributed by atoms with van der Waals surface area (Å²) in [6, 6.07) is 6.37. The number of benzene rings is 1. The van der Waals surface area contributed by atoms with E-state index in [1.807, 2.05) is 6.92 Å². The Morgan fingerprint density at radius 2 is 2.08 bits per heavy atom. The molecule has 0 saturated carbocycles. The highest BCUT2D eigenvalue weighted by atomic mass is 32.1. The number of carbonyl (C=O) groups excluding carboxylic acids is 1. The number of fused-ring (bicyclic) bond motifs is 1. The third-order valence-electron chi connectivity index (χ3n) is 4.48. The summed E-state index contributed by atoms with van der Waals surface area (Å²) in [4.78, 5) is 21.1. The van der Waals surface area contributed by atoms with Crippen LogP contribution in [-0.2, 0) is 4.79 Å². The van der Waals surface area contributed by atoms with Gasteiger partial charge in [0.25, 0.3) is 0 Å². The Labute approximate surface area is 147 Å². The van der Waals surface area contributed by atoms with Crippen molar-refractivity contribution < 1.29 is 4.79 Å². The van der Waals surface area contributed by atoms with E-state index in [4.69, 9.17) is 4.98 Å². The van der Waals surface area contributed by atoms with Gasteiger partial charge in [0.15, 0.2) is 5.13 Å². The monoisotopic (exact) mass is 346 g/mol. The lowest BCUT2D eigenvalue weighted by Crippen LogP contribution is -2.48. The number of piperazine rings is 1. The SMILES string of the molecule is CCCC(=O)NCCN1CCN(c2nc3c(C)cccc3s2)CC1. The van der Waals surface area contributed by atoms with Crippen molar-refractivity contribution in [2.45, 2.75) is 26.7 Å². The minimum atomic E-state index is 0.168. The van der Waals surface area contributed by atoms with Crippen LogP contribution in [0.1, 0.15) is 25.3 Å². The van der Waals surface area contributed by atoms with Gasteiger partial charge in [-0.2, -0.15) is 0 Å². The van der Waals surface area contributed by atoms with Crippen LogP contribution in [0.4, 0.5) is 5.13 Å². The minimum Gasteiger partial charge on any atom is -0.355 e. The van der Waals surface area contributed by atoms with Crippen molar-refractivity contribution in [1.82, 2.24) is 15.2 Å². The third-order valence-corrected chi connectivity index (χ3v) is 5.56. The van der Waals surface area contributed by atoms with Crippen LogP contribution >= 0.6 is 11.3 Å².